The highest BCUT2D eigenvalue weighted by Crippen LogP contribution is 2.64. The first kappa shape index (κ1) is 17.3. The normalized spacial score (nSPS) is 24.1. The summed E-state index contributed by atoms with van der Waals surface area (Å²) in [5, 5.41) is 0. The number of benzene rings is 1. The molecule has 1 saturated carbocycles. The van der Waals surface area contributed by atoms with Crippen LogP contribution in [0, 0.1) is 0 Å². The highest BCUT2D eigenvalue weighted by atomic mass is 16.7. The summed E-state index contributed by atoms with van der Waals surface area (Å²) in [6.45, 7) is 2.66. The van der Waals surface area contributed by atoms with Crippen molar-refractivity contribution < 1.29 is 19.0 Å². The average molecular weight is 332 g/mol. The molecule has 1 heterocycles. The average Bonchev–Trinajstić information content (AvgIpc) is 3.02. The van der Waals surface area contributed by atoms with Gasteiger partial charge < -0.3 is 14.2 Å². The molecule has 2 fully saturated rings. The number of unbranched alkanes of at least 4 members (excludes halogenated alkanes) is 3. The molecule has 3 rings (SSSR count). The van der Waals surface area contributed by atoms with E-state index < -0.39 is 5.60 Å². The summed E-state index contributed by atoms with van der Waals surface area (Å²) >= 11 is 0. The van der Waals surface area contributed by atoms with Crippen LogP contribution < -0.4 is 4.74 Å². The van der Waals surface area contributed by atoms with Crippen LogP contribution in [0.15, 0.2) is 24.3 Å². The van der Waals surface area contributed by atoms with Crippen LogP contribution in [0.3, 0.4) is 0 Å². The predicted octanol–water partition coefficient (Wildman–Crippen LogP) is 4.36. The Morgan fingerprint density at radius 2 is 1.83 bits per heavy atom. The summed E-state index contributed by atoms with van der Waals surface area (Å²) in [6, 6.07) is 7.64. The SMILES string of the molecule is CCCCCCOC(=O)C1(c2ccc(OC)cc2)OC12CCCC2. The monoisotopic (exact) mass is 332 g/mol. The smallest absolute Gasteiger partial charge is 0.346 e. The minimum atomic E-state index is -0.902. The topological polar surface area (TPSA) is 48.1 Å². The first-order chi connectivity index (χ1) is 11.7. The molecule has 24 heavy (non-hydrogen) atoms. The van der Waals surface area contributed by atoms with E-state index in [2.05, 4.69) is 6.92 Å². The largest absolute Gasteiger partial charge is 0.497 e. The van der Waals surface area contributed by atoms with Gasteiger partial charge >= 0.3 is 5.97 Å². The minimum Gasteiger partial charge on any atom is -0.497 e. The van der Waals surface area contributed by atoms with Gasteiger partial charge in [-0.25, -0.2) is 4.79 Å². The van der Waals surface area contributed by atoms with Gasteiger partial charge in [-0.3, -0.25) is 0 Å². The van der Waals surface area contributed by atoms with Crippen LogP contribution in [0.1, 0.15) is 63.9 Å². The summed E-state index contributed by atoms with van der Waals surface area (Å²) < 4.78 is 17.0. The van der Waals surface area contributed by atoms with E-state index in [1.54, 1.807) is 7.11 Å². The summed E-state index contributed by atoms with van der Waals surface area (Å²) in [6.07, 6.45) is 8.48. The Kier molecular flexibility index (Phi) is 5.14. The van der Waals surface area contributed by atoms with Crippen molar-refractivity contribution in [1.29, 1.82) is 0 Å². The molecule has 1 aliphatic carbocycles. The summed E-state index contributed by atoms with van der Waals surface area (Å²) in [4.78, 5) is 12.9. The lowest BCUT2D eigenvalue weighted by Gasteiger charge is -2.17. The van der Waals surface area contributed by atoms with Gasteiger partial charge in [0.25, 0.3) is 0 Å². The Hall–Kier alpha value is -1.55. The van der Waals surface area contributed by atoms with E-state index in [0.29, 0.717) is 6.61 Å². The third-order valence-corrected chi connectivity index (χ3v) is 5.37. The molecule has 0 amide bonds. The third kappa shape index (κ3) is 2.92. The van der Waals surface area contributed by atoms with Crippen LogP contribution in [0.4, 0.5) is 0 Å². The number of hydrogen-bond acceptors (Lipinski definition) is 4. The molecule has 1 saturated heterocycles. The Balaban J connectivity index is 1.73. The van der Waals surface area contributed by atoms with Crippen molar-refractivity contribution in [3.05, 3.63) is 29.8 Å². The van der Waals surface area contributed by atoms with Crippen molar-refractivity contribution in [2.24, 2.45) is 0 Å². The Bertz CT molecular complexity index is 560. The number of epoxide rings is 1. The predicted molar refractivity (Wildman–Crippen MR) is 92.1 cm³/mol. The van der Waals surface area contributed by atoms with Crippen molar-refractivity contribution >= 4 is 5.97 Å². The van der Waals surface area contributed by atoms with Crippen LogP contribution in [0.5, 0.6) is 5.75 Å². The summed E-state index contributed by atoms with van der Waals surface area (Å²) in [5.41, 5.74) is -0.355. The Labute approximate surface area is 144 Å². The number of carbonyl (C=O) groups excluding carboxylic acids is 1. The lowest BCUT2D eigenvalue weighted by atomic mass is 9.85. The van der Waals surface area contributed by atoms with Gasteiger partial charge in [-0.1, -0.05) is 51.2 Å². The number of rotatable bonds is 8. The van der Waals surface area contributed by atoms with Crippen molar-refractivity contribution in [2.45, 2.75) is 69.5 Å². The number of esters is 1. The van der Waals surface area contributed by atoms with Gasteiger partial charge in [0.1, 0.15) is 11.4 Å². The van der Waals surface area contributed by atoms with Gasteiger partial charge in [0.2, 0.25) is 5.60 Å². The number of carbonyl (C=O) groups is 1. The molecule has 1 aromatic carbocycles. The van der Waals surface area contributed by atoms with Crippen molar-refractivity contribution in [3.63, 3.8) is 0 Å². The molecule has 0 aromatic heterocycles. The maximum atomic E-state index is 12.9. The molecule has 1 spiro atoms. The van der Waals surface area contributed by atoms with Crippen LogP contribution in [-0.2, 0) is 19.9 Å². The van der Waals surface area contributed by atoms with Gasteiger partial charge in [0.05, 0.1) is 13.7 Å². The summed E-state index contributed by atoms with van der Waals surface area (Å²) in [5.74, 6) is 0.564. The zero-order valence-electron chi connectivity index (χ0n) is 14.8. The van der Waals surface area contributed by atoms with E-state index in [1.807, 2.05) is 24.3 Å². The second kappa shape index (κ2) is 7.14. The van der Waals surface area contributed by atoms with Gasteiger partial charge in [0.15, 0.2) is 0 Å². The molecule has 4 nitrogen and oxygen atoms in total. The molecule has 1 unspecified atom stereocenters. The van der Waals surface area contributed by atoms with Gasteiger partial charge in [0, 0.05) is 0 Å². The van der Waals surface area contributed by atoms with Crippen molar-refractivity contribution in [3.8, 4) is 5.75 Å². The first-order valence-electron chi connectivity index (χ1n) is 9.20. The lowest BCUT2D eigenvalue weighted by Crippen LogP contribution is -2.32. The Morgan fingerprint density at radius 1 is 1.12 bits per heavy atom. The fraction of sp³-hybridized carbons (Fsp3) is 0.650. The van der Waals surface area contributed by atoms with E-state index >= 15 is 0 Å². The number of ether oxygens (including phenoxy) is 3. The van der Waals surface area contributed by atoms with Crippen LogP contribution >= 0.6 is 0 Å². The van der Waals surface area contributed by atoms with E-state index in [9.17, 15) is 4.79 Å². The minimum absolute atomic E-state index is 0.217. The van der Waals surface area contributed by atoms with Crippen LogP contribution in [-0.4, -0.2) is 25.3 Å². The zero-order valence-corrected chi connectivity index (χ0v) is 14.8. The standard InChI is InChI=1S/C20H28O4/c1-3-4-5-8-15-23-18(21)20(19(24-20)13-6-7-14-19)16-9-11-17(22-2)12-10-16/h9-12H,3-8,13-15H2,1-2H3. The number of hydrogen-bond donors (Lipinski definition) is 0. The second-order valence-corrected chi connectivity index (χ2v) is 6.91. The molecule has 0 N–H and O–H groups in total. The second-order valence-electron chi connectivity index (χ2n) is 6.91. The highest BCUT2D eigenvalue weighted by molar-refractivity contribution is 5.87. The molecule has 132 valence electrons. The van der Waals surface area contributed by atoms with Gasteiger partial charge in [-0.15, -0.1) is 0 Å². The lowest BCUT2D eigenvalue weighted by molar-refractivity contribution is -0.150. The van der Waals surface area contributed by atoms with Crippen LogP contribution in [0.2, 0.25) is 0 Å². The molecule has 4 heteroatoms. The molecule has 0 radical (unpaired) electrons. The fourth-order valence-electron chi connectivity index (χ4n) is 3.96. The van der Waals surface area contributed by atoms with E-state index in [0.717, 1.165) is 49.8 Å². The molecule has 1 aliphatic heterocycles. The zero-order chi connectivity index (χ0) is 17.0. The van der Waals surface area contributed by atoms with E-state index in [1.165, 1.54) is 12.8 Å². The molecular weight excluding hydrogens is 304 g/mol. The van der Waals surface area contributed by atoms with Crippen molar-refractivity contribution in [1.82, 2.24) is 0 Å². The maximum absolute atomic E-state index is 12.9. The fourth-order valence-corrected chi connectivity index (χ4v) is 3.96. The first-order valence-corrected chi connectivity index (χ1v) is 9.20. The number of methoxy groups -OCH3 is 1. The molecule has 2 aliphatic rings. The Morgan fingerprint density at radius 3 is 2.46 bits per heavy atom. The molecular formula is C20H28O4. The summed E-state index contributed by atoms with van der Waals surface area (Å²) in [7, 11) is 1.64. The third-order valence-electron chi connectivity index (χ3n) is 5.37. The van der Waals surface area contributed by atoms with E-state index in [-0.39, 0.29) is 11.6 Å². The van der Waals surface area contributed by atoms with E-state index in [4.69, 9.17) is 14.2 Å². The highest BCUT2D eigenvalue weighted by Gasteiger charge is 2.76. The van der Waals surface area contributed by atoms with Gasteiger partial charge in [-0.2, -0.15) is 0 Å². The molecule has 0 bridgehead atoms. The van der Waals surface area contributed by atoms with Gasteiger partial charge in [-0.05, 0) is 37.0 Å². The molecule has 1 aromatic rings. The quantitative estimate of drug-likeness (QED) is 0.403. The maximum Gasteiger partial charge on any atom is 0.346 e. The van der Waals surface area contributed by atoms with Crippen LogP contribution in [0.25, 0.3) is 0 Å². The molecule has 1 atom stereocenters. The van der Waals surface area contributed by atoms with Crippen molar-refractivity contribution in [2.75, 3.05) is 13.7 Å².